The van der Waals surface area contributed by atoms with Gasteiger partial charge in [-0.2, -0.15) is 0 Å². The molecule has 1 aromatic rings. The standard InChI is InChI=1S/C8H11BrN2/c9-8-5-10-6-11(8)7-3-1-2-4-7/h5-7H,1-4H2. The Balaban J connectivity index is 2.21. The molecule has 1 aliphatic carbocycles. The van der Waals surface area contributed by atoms with Crippen LogP contribution in [-0.4, -0.2) is 9.55 Å². The largest absolute Gasteiger partial charge is 0.322 e. The molecule has 1 fully saturated rings. The monoisotopic (exact) mass is 214 g/mol. The van der Waals surface area contributed by atoms with Gasteiger partial charge >= 0.3 is 0 Å². The van der Waals surface area contributed by atoms with Crippen LogP contribution in [0.4, 0.5) is 0 Å². The van der Waals surface area contributed by atoms with Gasteiger partial charge in [-0.3, -0.25) is 0 Å². The van der Waals surface area contributed by atoms with Crippen molar-refractivity contribution >= 4 is 15.9 Å². The molecule has 2 rings (SSSR count). The fourth-order valence-electron chi connectivity index (χ4n) is 1.74. The number of nitrogens with zero attached hydrogens (tertiary/aromatic N) is 2. The summed E-state index contributed by atoms with van der Waals surface area (Å²) in [6.07, 6.45) is 9.15. The van der Waals surface area contributed by atoms with Crippen molar-refractivity contribution in [2.24, 2.45) is 0 Å². The van der Waals surface area contributed by atoms with E-state index in [-0.39, 0.29) is 0 Å². The average molecular weight is 215 g/mol. The highest BCUT2D eigenvalue weighted by Crippen LogP contribution is 2.31. The lowest BCUT2D eigenvalue weighted by Crippen LogP contribution is -2.02. The lowest BCUT2D eigenvalue weighted by atomic mass is 10.2. The molecule has 2 nitrogen and oxygen atoms in total. The lowest BCUT2D eigenvalue weighted by molar-refractivity contribution is 0.510. The molecule has 0 aliphatic heterocycles. The van der Waals surface area contributed by atoms with Crippen molar-refractivity contribution in [2.45, 2.75) is 31.7 Å². The molecule has 3 heteroatoms. The Bertz CT molecular complexity index is 238. The molecule has 1 aromatic heterocycles. The molecule has 11 heavy (non-hydrogen) atoms. The molecule has 0 radical (unpaired) electrons. The zero-order valence-corrected chi connectivity index (χ0v) is 7.92. The van der Waals surface area contributed by atoms with Gasteiger partial charge in [0, 0.05) is 6.04 Å². The van der Waals surface area contributed by atoms with Gasteiger partial charge < -0.3 is 4.57 Å². The van der Waals surface area contributed by atoms with E-state index in [4.69, 9.17) is 0 Å². The summed E-state index contributed by atoms with van der Waals surface area (Å²) in [6.45, 7) is 0. The van der Waals surface area contributed by atoms with E-state index in [1.165, 1.54) is 25.7 Å². The summed E-state index contributed by atoms with van der Waals surface area (Å²) in [5.41, 5.74) is 0. The second-order valence-corrected chi connectivity index (χ2v) is 3.87. The van der Waals surface area contributed by atoms with Crippen LogP contribution < -0.4 is 0 Å². The van der Waals surface area contributed by atoms with Crippen LogP contribution in [0.25, 0.3) is 0 Å². The summed E-state index contributed by atoms with van der Waals surface area (Å²) < 4.78 is 3.34. The second kappa shape index (κ2) is 2.97. The van der Waals surface area contributed by atoms with E-state index in [1.54, 1.807) is 0 Å². The molecular formula is C8H11BrN2. The third kappa shape index (κ3) is 1.34. The van der Waals surface area contributed by atoms with Crippen molar-refractivity contribution in [1.29, 1.82) is 0 Å². The zero-order chi connectivity index (χ0) is 7.68. The van der Waals surface area contributed by atoms with E-state index in [2.05, 4.69) is 25.5 Å². The third-order valence-electron chi connectivity index (χ3n) is 2.34. The van der Waals surface area contributed by atoms with Gasteiger partial charge in [-0.25, -0.2) is 4.98 Å². The first-order valence-electron chi connectivity index (χ1n) is 4.05. The molecule has 60 valence electrons. The average Bonchev–Trinajstić information content (AvgIpc) is 2.55. The number of imidazole rings is 1. The van der Waals surface area contributed by atoms with Gasteiger partial charge in [0.05, 0.1) is 12.5 Å². The fraction of sp³-hybridized carbons (Fsp3) is 0.625. The number of rotatable bonds is 1. The molecule has 0 amide bonds. The summed E-state index contributed by atoms with van der Waals surface area (Å²) in [5, 5.41) is 0. The van der Waals surface area contributed by atoms with E-state index in [0.717, 1.165) is 4.60 Å². The summed E-state index contributed by atoms with van der Waals surface area (Å²) in [7, 11) is 0. The van der Waals surface area contributed by atoms with E-state index in [9.17, 15) is 0 Å². The van der Waals surface area contributed by atoms with E-state index in [1.807, 2.05) is 12.5 Å². The van der Waals surface area contributed by atoms with Crippen molar-refractivity contribution in [2.75, 3.05) is 0 Å². The number of aromatic nitrogens is 2. The van der Waals surface area contributed by atoms with Crippen LogP contribution >= 0.6 is 15.9 Å². The van der Waals surface area contributed by atoms with E-state index >= 15 is 0 Å². The molecule has 0 N–H and O–H groups in total. The van der Waals surface area contributed by atoms with Gasteiger partial charge in [-0.15, -0.1) is 0 Å². The van der Waals surface area contributed by atoms with Crippen LogP contribution in [0.1, 0.15) is 31.7 Å². The van der Waals surface area contributed by atoms with Crippen LogP contribution in [0.2, 0.25) is 0 Å². The maximum Gasteiger partial charge on any atom is 0.105 e. The molecule has 0 aromatic carbocycles. The first-order chi connectivity index (χ1) is 5.38. The Kier molecular flexibility index (Phi) is 1.98. The van der Waals surface area contributed by atoms with Crippen molar-refractivity contribution in [3.05, 3.63) is 17.1 Å². The van der Waals surface area contributed by atoms with Crippen LogP contribution in [0.3, 0.4) is 0 Å². The van der Waals surface area contributed by atoms with Crippen molar-refractivity contribution in [3.63, 3.8) is 0 Å². The summed E-state index contributed by atoms with van der Waals surface area (Å²) in [6, 6.07) is 0.701. The van der Waals surface area contributed by atoms with Crippen LogP contribution in [0.15, 0.2) is 17.1 Å². The lowest BCUT2D eigenvalue weighted by Gasteiger charge is -2.11. The number of halogens is 1. The molecule has 0 saturated heterocycles. The summed E-state index contributed by atoms with van der Waals surface area (Å²) >= 11 is 3.48. The Hall–Kier alpha value is -0.310. The van der Waals surface area contributed by atoms with Gasteiger partial charge in [0.1, 0.15) is 4.60 Å². The SMILES string of the molecule is Brc1cncn1C1CCCC1. The number of hydrogen-bond acceptors (Lipinski definition) is 1. The Morgan fingerprint density at radius 1 is 1.45 bits per heavy atom. The Morgan fingerprint density at radius 2 is 2.18 bits per heavy atom. The maximum atomic E-state index is 4.08. The zero-order valence-electron chi connectivity index (χ0n) is 6.33. The summed E-state index contributed by atoms with van der Waals surface area (Å²) in [4.78, 5) is 4.08. The van der Waals surface area contributed by atoms with E-state index < -0.39 is 0 Å². The topological polar surface area (TPSA) is 17.8 Å². The molecular weight excluding hydrogens is 204 g/mol. The van der Waals surface area contributed by atoms with E-state index in [0.29, 0.717) is 6.04 Å². The first kappa shape index (κ1) is 7.35. The smallest absolute Gasteiger partial charge is 0.105 e. The molecule has 1 saturated carbocycles. The number of hydrogen-bond donors (Lipinski definition) is 0. The molecule has 0 atom stereocenters. The Morgan fingerprint density at radius 3 is 2.73 bits per heavy atom. The predicted molar refractivity (Wildman–Crippen MR) is 47.4 cm³/mol. The van der Waals surface area contributed by atoms with Gasteiger partial charge in [0.15, 0.2) is 0 Å². The molecule has 1 heterocycles. The summed E-state index contributed by atoms with van der Waals surface area (Å²) in [5.74, 6) is 0. The highest BCUT2D eigenvalue weighted by atomic mass is 79.9. The molecule has 0 bridgehead atoms. The minimum Gasteiger partial charge on any atom is -0.322 e. The minimum atomic E-state index is 0.701. The van der Waals surface area contributed by atoms with Gasteiger partial charge in [0.25, 0.3) is 0 Å². The van der Waals surface area contributed by atoms with Crippen LogP contribution in [0, 0.1) is 0 Å². The third-order valence-corrected chi connectivity index (χ3v) is 2.95. The fourth-order valence-corrected chi connectivity index (χ4v) is 2.24. The quantitative estimate of drug-likeness (QED) is 0.704. The molecule has 1 aliphatic rings. The Labute approximate surface area is 74.8 Å². The van der Waals surface area contributed by atoms with Gasteiger partial charge in [-0.05, 0) is 28.8 Å². The first-order valence-corrected chi connectivity index (χ1v) is 4.84. The van der Waals surface area contributed by atoms with Crippen molar-refractivity contribution in [3.8, 4) is 0 Å². The predicted octanol–water partition coefficient (Wildman–Crippen LogP) is 2.76. The molecule has 0 unspecified atom stereocenters. The maximum absolute atomic E-state index is 4.08. The van der Waals surface area contributed by atoms with Crippen LogP contribution in [-0.2, 0) is 0 Å². The minimum absolute atomic E-state index is 0.701. The molecule has 0 spiro atoms. The second-order valence-electron chi connectivity index (χ2n) is 3.06. The highest BCUT2D eigenvalue weighted by molar-refractivity contribution is 9.10. The van der Waals surface area contributed by atoms with Crippen molar-refractivity contribution in [1.82, 2.24) is 9.55 Å². The van der Waals surface area contributed by atoms with Gasteiger partial charge in [0.2, 0.25) is 0 Å². The normalized spacial score (nSPS) is 19.4. The highest BCUT2D eigenvalue weighted by Gasteiger charge is 2.17. The van der Waals surface area contributed by atoms with Crippen molar-refractivity contribution < 1.29 is 0 Å². The van der Waals surface area contributed by atoms with Gasteiger partial charge in [-0.1, -0.05) is 12.8 Å². The van der Waals surface area contributed by atoms with Crippen LogP contribution in [0.5, 0.6) is 0 Å².